The van der Waals surface area contributed by atoms with E-state index in [9.17, 15) is 8.42 Å². The zero-order chi connectivity index (χ0) is 18.5. The van der Waals surface area contributed by atoms with Gasteiger partial charge in [0, 0.05) is 28.2 Å². The van der Waals surface area contributed by atoms with Crippen LogP contribution in [0.3, 0.4) is 0 Å². The van der Waals surface area contributed by atoms with Gasteiger partial charge in [0.15, 0.2) is 5.65 Å². The van der Waals surface area contributed by atoms with Crippen molar-refractivity contribution in [2.45, 2.75) is 18.7 Å². The Morgan fingerprint density at radius 2 is 1.85 bits per heavy atom. The Bertz CT molecular complexity index is 1230. The first-order valence-electron chi connectivity index (χ1n) is 7.79. The summed E-state index contributed by atoms with van der Waals surface area (Å²) in [5.74, 6) is 0. The molecule has 1 aromatic carbocycles. The minimum absolute atomic E-state index is 0.237. The molecule has 4 rings (SSSR count). The van der Waals surface area contributed by atoms with Crippen LogP contribution in [0.5, 0.6) is 0 Å². The topological polar surface area (TPSA) is 64.8 Å². The van der Waals surface area contributed by atoms with E-state index in [0.717, 1.165) is 26.1 Å². The smallest absolute Gasteiger partial charge is 0.237 e. The lowest BCUT2D eigenvalue weighted by atomic mass is 10.2. The first-order chi connectivity index (χ1) is 12.4. The molecular formula is C18H14BrN3O2S2. The van der Waals surface area contributed by atoms with Crippen molar-refractivity contribution in [1.82, 2.24) is 13.9 Å². The minimum Gasteiger partial charge on any atom is -0.237 e. The van der Waals surface area contributed by atoms with Gasteiger partial charge in [-0.05, 0) is 54.0 Å². The molecule has 0 saturated heterocycles. The average Bonchev–Trinajstić information content (AvgIpc) is 3.15. The summed E-state index contributed by atoms with van der Waals surface area (Å²) >= 11 is 4.83. The molecule has 0 atom stereocenters. The molecule has 8 heteroatoms. The number of hydrogen-bond donors (Lipinski definition) is 0. The Labute approximate surface area is 163 Å². The molecule has 0 unspecified atom stereocenters. The zero-order valence-electron chi connectivity index (χ0n) is 14.0. The van der Waals surface area contributed by atoms with Crippen molar-refractivity contribution in [2.24, 2.45) is 0 Å². The number of rotatable bonds is 3. The van der Waals surface area contributed by atoms with E-state index in [1.807, 2.05) is 18.4 Å². The number of aryl methyl sites for hydroxylation is 1. The van der Waals surface area contributed by atoms with Gasteiger partial charge in [0.1, 0.15) is 9.61 Å². The maximum absolute atomic E-state index is 13.3. The molecule has 0 spiro atoms. The fraction of sp³-hybridized carbons (Fsp3) is 0.111. The summed E-state index contributed by atoms with van der Waals surface area (Å²) in [5, 5.41) is 3.40. The van der Waals surface area contributed by atoms with Gasteiger partial charge in [-0.15, -0.1) is 11.3 Å². The van der Waals surface area contributed by atoms with Crippen LogP contribution in [0.2, 0.25) is 0 Å². The fourth-order valence-electron chi connectivity index (χ4n) is 2.96. The van der Waals surface area contributed by atoms with Crippen LogP contribution < -0.4 is 0 Å². The maximum Gasteiger partial charge on any atom is 0.269 e. The van der Waals surface area contributed by atoms with Crippen molar-refractivity contribution in [3.8, 4) is 10.6 Å². The van der Waals surface area contributed by atoms with Crippen molar-refractivity contribution in [1.29, 1.82) is 0 Å². The molecule has 0 amide bonds. The van der Waals surface area contributed by atoms with Gasteiger partial charge in [-0.3, -0.25) is 0 Å². The summed E-state index contributed by atoms with van der Waals surface area (Å²) in [5.41, 5.74) is 2.80. The molecule has 0 fully saturated rings. The second-order valence-electron chi connectivity index (χ2n) is 5.89. The molecule has 3 aromatic heterocycles. The lowest BCUT2D eigenvalue weighted by molar-refractivity contribution is 0.587. The van der Waals surface area contributed by atoms with Crippen LogP contribution in [0.25, 0.3) is 21.6 Å². The first kappa shape index (κ1) is 17.4. The van der Waals surface area contributed by atoms with Crippen LogP contribution in [0.1, 0.15) is 11.3 Å². The van der Waals surface area contributed by atoms with E-state index in [1.165, 1.54) is 15.3 Å². The normalized spacial score (nSPS) is 12.0. The second kappa shape index (κ2) is 6.29. The summed E-state index contributed by atoms with van der Waals surface area (Å²) < 4.78 is 28.7. The van der Waals surface area contributed by atoms with E-state index >= 15 is 0 Å². The van der Waals surface area contributed by atoms with E-state index in [0.29, 0.717) is 11.3 Å². The van der Waals surface area contributed by atoms with E-state index < -0.39 is 10.0 Å². The van der Waals surface area contributed by atoms with Gasteiger partial charge in [0.05, 0.1) is 4.90 Å². The quantitative estimate of drug-likeness (QED) is 0.453. The summed E-state index contributed by atoms with van der Waals surface area (Å²) in [6.07, 6.45) is 1.60. The Morgan fingerprint density at radius 1 is 1.12 bits per heavy atom. The van der Waals surface area contributed by atoms with Gasteiger partial charge in [-0.2, -0.15) is 0 Å². The number of halogens is 1. The predicted molar refractivity (Wildman–Crippen MR) is 107 cm³/mol. The Kier molecular flexibility index (Phi) is 4.21. The molecule has 0 aliphatic heterocycles. The summed E-state index contributed by atoms with van der Waals surface area (Å²) in [7, 11) is -3.77. The largest absolute Gasteiger partial charge is 0.269 e. The predicted octanol–water partition coefficient (Wildman–Crippen LogP) is 4.78. The monoisotopic (exact) mass is 447 g/mol. The number of benzene rings is 1. The molecular weight excluding hydrogens is 434 g/mol. The third kappa shape index (κ3) is 2.69. The van der Waals surface area contributed by atoms with Gasteiger partial charge < -0.3 is 0 Å². The lowest BCUT2D eigenvalue weighted by Crippen LogP contribution is -2.15. The Balaban J connectivity index is 2.05. The molecule has 132 valence electrons. The summed E-state index contributed by atoms with van der Waals surface area (Å²) in [6.45, 7) is 3.71. The van der Waals surface area contributed by atoms with Crippen molar-refractivity contribution in [2.75, 3.05) is 0 Å². The Hall–Kier alpha value is -2.03. The van der Waals surface area contributed by atoms with Crippen molar-refractivity contribution < 1.29 is 8.42 Å². The molecule has 0 aliphatic rings. The van der Waals surface area contributed by atoms with Crippen LogP contribution in [-0.4, -0.2) is 22.4 Å². The average molecular weight is 448 g/mol. The fourth-order valence-corrected chi connectivity index (χ4v) is 5.84. The van der Waals surface area contributed by atoms with Crippen LogP contribution in [0.15, 0.2) is 57.5 Å². The number of pyridine rings is 1. The molecule has 5 nitrogen and oxygen atoms in total. The molecule has 3 heterocycles. The maximum atomic E-state index is 13.3. The van der Waals surface area contributed by atoms with Gasteiger partial charge >= 0.3 is 0 Å². The van der Waals surface area contributed by atoms with Crippen LogP contribution >= 0.6 is 27.3 Å². The lowest BCUT2D eigenvalue weighted by Gasteiger charge is -2.10. The Morgan fingerprint density at radius 3 is 2.50 bits per heavy atom. The molecule has 0 N–H and O–H groups in total. The molecule has 0 bridgehead atoms. The standard InChI is InChI=1S/C18H14BrN3O2S2/c1-11-5-7-13(8-6-11)26(23,24)22-12(2)16(18-21-15(19)10-25-18)14-4-3-9-20-17(14)22/h3-10H,1-2H3. The SMILES string of the molecule is Cc1ccc(S(=O)(=O)n2c(C)c(-c3nc(Br)cs3)c3cccnc32)cc1. The number of thiazole rings is 1. The van der Waals surface area contributed by atoms with Gasteiger partial charge in [-0.1, -0.05) is 17.7 Å². The van der Waals surface area contributed by atoms with E-state index in [4.69, 9.17) is 0 Å². The van der Waals surface area contributed by atoms with E-state index in [2.05, 4.69) is 25.9 Å². The molecule has 0 aliphatic carbocycles. The number of hydrogen-bond acceptors (Lipinski definition) is 5. The second-order valence-corrected chi connectivity index (χ2v) is 9.35. The van der Waals surface area contributed by atoms with E-state index in [1.54, 1.807) is 43.5 Å². The number of aromatic nitrogens is 3. The first-order valence-corrected chi connectivity index (χ1v) is 10.9. The third-order valence-corrected chi connectivity index (χ3v) is 7.53. The molecule has 4 aromatic rings. The zero-order valence-corrected chi connectivity index (χ0v) is 17.2. The highest BCUT2D eigenvalue weighted by molar-refractivity contribution is 9.10. The van der Waals surface area contributed by atoms with E-state index in [-0.39, 0.29) is 4.90 Å². The minimum atomic E-state index is -3.77. The summed E-state index contributed by atoms with van der Waals surface area (Å²) in [6, 6.07) is 10.5. The number of nitrogens with zero attached hydrogens (tertiary/aromatic N) is 3. The van der Waals surface area contributed by atoms with Gasteiger partial charge in [0.2, 0.25) is 0 Å². The molecule has 0 radical (unpaired) electrons. The van der Waals surface area contributed by atoms with Crippen LogP contribution in [-0.2, 0) is 10.0 Å². The molecule has 0 saturated carbocycles. The van der Waals surface area contributed by atoms with Crippen molar-refractivity contribution >= 4 is 48.3 Å². The van der Waals surface area contributed by atoms with Crippen molar-refractivity contribution in [3.05, 3.63) is 63.8 Å². The van der Waals surface area contributed by atoms with Crippen LogP contribution in [0, 0.1) is 13.8 Å². The highest BCUT2D eigenvalue weighted by atomic mass is 79.9. The van der Waals surface area contributed by atoms with Gasteiger partial charge in [0.25, 0.3) is 10.0 Å². The number of fused-ring (bicyclic) bond motifs is 1. The molecule has 26 heavy (non-hydrogen) atoms. The highest BCUT2D eigenvalue weighted by Gasteiger charge is 2.27. The van der Waals surface area contributed by atoms with Gasteiger partial charge in [-0.25, -0.2) is 22.4 Å². The highest BCUT2D eigenvalue weighted by Crippen LogP contribution is 2.38. The third-order valence-electron chi connectivity index (χ3n) is 4.16. The van der Waals surface area contributed by atoms with Crippen molar-refractivity contribution in [3.63, 3.8) is 0 Å². The van der Waals surface area contributed by atoms with Crippen LogP contribution in [0.4, 0.5) is 0 Å². The summed E-state index contributed by atoms with van der Waals surface area (Å²) in [4.78, 5) is 9.06.